The number of amides is 2. The van der Waals surface area contributed by atoms with Crippen molar-refractivity contribution in [2.75, 3.05) is 45.2 Å². The molecule has 1 N–H and O–H groups in total. The van der Waals surface area contributed by atoms with Crippen LogP contribution in [0, 0.1) is 5.92 Å². The van der Waals surface area contributed by atoms with Gasteiger partial charge in [0.2, 0.25) is 5.91 Å². The topological polar surface area (TPSA) is 61.9 Å². The lowest BCUT2D eigenvalue weighted by Crippen LogP contribution is -2.67. The van der Waals surface area contributed by atoms with Crippen LogP contribution in [0.4, 0.5) is 5.69 Å². The summed E-state index contributed by atoms with van der Waals surface area (Å²) < 4.78 is 5.23. The molecule has 6 heteroatoms. The molecule has 1 aromatic carbocycles. The third kappa shape index (κ3) is 3.87. The quantitative estimate of drug-likeness (QED) is 0.834. The maximum atomic E-state index is 13.0. The van der Waals surface area contributed by atoms with Crippen molar-refractivity contribution in [3.05, 3.63) is 29.8 Å². The zero-order valence-corrected chi connectivity index (χ0v) is 16.1. The molecule has 2 amide bonds. The Bertz CT molecular complexity index is 701. The molecule has 6 nitrogen and oxygen atoms in total. The van der Waals surface area contributed by atoms with Crippen molar-refractivity contribution in [2.45, 2.75) is 37.6 Å². The predicted octanol–water partition coefficient (Wildman–Crippen LogP) is 2.36. The summed E-state index contributed by atoms with van der Waals surface area (Å²) in [5.74, 6) is 0.361. The van der Waals surface area contributed by atoms with Crippen LogP contribution in [0.15, 0.2) is 24.3 Å². The molecule has 1 saturated carbocycles. The van der Waals surface area contributed by atoms with Crippen molar-refractivity contribution < 1.29 is 14.3 Å². The molecule has 2 saturated heterocycles. The molecule has 27 heavy (non-hydrogen) atoms. The first-order valence-corrected chi connectivity index (χ1v) is 10.1. The van der Waals surface area contributed by atoms with Gasteiger partial charge in [-0.1, -0.05) is 0 Å². The average molecular weight is 371 g/mol. The largest absolute Gasteiger partial charge is 0.383 e. The van der Waals surface area contributed by atoms with Crippen molar-refractivity contribution in [3.63, 3.8) is 0 Å². The predicted molar refractivity (Wildman–Crippen MR) is 104 cm³/mol. The molecule has 3 fully saturated rings. The molecule has 0 radical (unpaired) electrons. The van der Waals surface area contributed by atoms with Crippen molar-refractivity contribution in [1.29, 1.82) is 0 Å². The number of anilines is 1. The Morgan fingerprint density at radius 3 is 2.59 bits per heavy atom. The van der Waals surface area contributed by atoms with Gasteiger partial charge in [-0.2, -0.15) is 0 Å². The highest BCUT2D eigenvalue weighted by molar-refractivity contribution is 5.96. The number of nitrogens with zero attached hydrogens (tertiary/aromatic N) is 2. The fourth-order valence-electron chi connectivity index (χ4n) is 4.35. The van der Waals surface area contributed by atoms with Crippen LogP contribution in [0.2, 0.25) is 0 Å². The van der Waals surface area contributed by atoms with E-state index < -0.39 is 0 Å². The van der Waals surface area contributed by atoms with Gasteiger partial charge in [-0.15, -0.1) is 0 Å². The van der Waals surface area contributed by atoms with E-state index in [-0.39, 0.29) is 23.3 Å². The Kier molecular flexibility index (Phi) is 5.19. The maximum absolute atomic E-state index is 13.0. The molecule has 0 aromatic heterocycles. The van der Waals surface area contributed by atoms with E-state index in [1.165, 1.54) is 0 Å². The van der Waals surface area contributed by atoms with Gasteiger partial charge < -0.3 is 15.0 Å². The molecule has 1 atom stereocenters. The lowest BCUT2D eigenvalue weighted by molar-refractivity contribution is -0.117. The van der Waals surface area contributed by atoms with Gasteiger partial charge in [-0.25, -0.2) is 0 Å². The summed E-state index contributed by atoms with van der Waals surface area (Å²) >= 11 is 0. The van der Waals surface area contributed by atoms with Crippen molar-refractivity contribution in [2.24, 2.45) is 5.92 Å². The van der Waals surface area contributed by atoms with Gasteiger partial charge in [-0.3, -0.25) is 14.5 Å². The van der Waals surface area contributed by atoms with Crippen molar-refractivity contribution in [1.82, 2.24) is 9.80 Å². The number of piperidine rings is 1. The van der Waals surface area contributed by atoms with Gasteiger partial charge in [0.15, 0.2) is 0 Å². The van der Waals surface area contributed by atoms with E-state index in [4.69, 9.17) is 4.74 Å². The Morgan fingerprint density at radius 1 is 1.19 bits per heavy atom. The second kappa shape index (κ2) is 7.60. The zero-order valence-electron chi connectivity index (χ0n) is 16.1. The number of methoxy groups -OCH3 is 1. The molecule has 146 valence electrons. The molecule has 2 heterocycles. The molecule has 2 aliphatic heterocycles. The Balaban J connectivity index is 1.37. The number of rotatable bonds is 6. The summed E-state index contributed by atoms with van der Waals surface area (Å²) in [7, 11) is 1.74. The molecular weight excluding hydrogens is 342 g/mol. The summed E-state index contributed by atoms with van der Waals surface area (Å²) in [6.45, 7) is 4.40. The molecule has 1 aliphatic carbocycles. The fourth-order valence-corrected chi connectivity index (χ4v) is 4.35. The first kappa shape index (κ1) is 18.4. The first-order chi connectivity index (χ1) is 13.1. The Morgan fingerprint density at radius 2 is 1.96 bits per heavy atom. The second-order valence-corrected chi connectivity index (χ2v) is 8.13. The van der Waals surface area contributed by atoms with Gasteiger partial charge in [0.05, 0.1) is 6.61 Å². The number of likely N-dealkylation sites (tertiary alicyclic amines) is 2. The van der Waals surface area contributed by atoms with Gasteiger partial charge >= 0.3 is 0 Å². The number of hydrogen-bond acceptors (Lipinski definition) is 4. The van der Waals surface area contributed by atoms with Crippen LogP contribution in [-0.2, 0) is 9.53 Å². The number of benzene rings is 1. The highest BCUT2D eigenvalue weighted by Gasteiger charge is 2.47. The molecule has 0 unspecified atom stereocenters. The van der Waals surface area contributed by atoms with Crippen LogP contribution in [0.5, 0.6) is 0 Å². The van der Waals surface area contributed by atoms with Crippen LogP contribution in [-0.4, -0.2) is 67.0 Å². The minimum absolute atomic E-state index is 0.0905. The Labute approximate surface area is 160 Å². The fraction of sp³-hybridized carbons (Fsp3) is 0.619. The number of carbonyl (C=O) groups excluding carboxylic acids is 2. The number of carbonyl (C=O) groups is 2. The van der Waals surface area contributed by atoms with E-state index in [1.807, 2.05) is 29.2 Å². The van der Waals surface area contributed by atoms with Gasteiger partial charge in [0.25, 0.3) is 5.91 Å². The minimum Gasteiger partial charge on any atom is -0.383 e. The minimum atomic E-state index is 0.0905. The van der Waals surface area contributed by atoms with Crippen LogP contribution in [0.25, 0.3) is 0 Å². The summed E-state index contributed by atoms with van der Waals surface area (Å²) in [5, 5.41) is 2.92. The molecule has 1 aromatic rings. The van der Waals surface area contributed by atoms with Gasteiger partial charge in [-0.05, 0) is 56.4 Å². The standard InChI is InChI=1S/C21H29N3O3/c1-27-14-13-24-12-10-21(24)9-2-11-23(15-21)20(26)17-5-7-18(8-6-17)22-19(25)16-3-4-16/h5-8,16H,2-4,9-15H2,1H3,(H,22,25)/t21-/m0/s1. The third-order valence-electron chi connectivity index (χ3n) is 6.27. The van der Waals surface area contributed by atoms with E-state index >= 15 is 0 Å². The van der Waals surface area contributed by atoms with Gasteiger partial charge in [0.1, 0.15) is 0 Å². The molecule has 1 spiro atoms. The van der Waals surface area contributed by atoms with Crippen LogP contribution >= 0.6 is 0 Å². The second-order valence-electron chi connectivity index (χ2n) is 8.13. The van der Waals surface area contributed by atoms with E-state index in [2.05, 4.69) is 10.2 Å². The lowest BCUT2D eigenvalue weighted by atomic mass is 9.77. The zero-order chi connectivity index (χ0) is 18.9. The lowest BCUT2D eigenvalue weighted by Gasteiger charge is -2.57. The number of nitrogens with one attached hydrogen (secondary N) is 1. The third-order valence-corrected chi connectivity index (χ3v) is 6.27. The number of hydrogen-bond donors (Lipinski definition) is 1. The molecule has 3 aliphatic rings. The monoisotopic (exact) mass is 371 g/mol. The molecule has 0 bridgehead atoms. The normalized spacial score (nSPS) is 25.3. The molecule has 4 rings (SSSR count). The SMILES string of the molecule is COCCN1CC[C@]12CCCN(C(=O)c1ccc(NC(=O)C3CC3)cc1)C2. The highest BCUT2D eigenvalue weighted by Crippen LogP contribution is 2.38. The summed E-state index contributed by atoms with van der Waals surface area (Å²) in [6, 6.07) is 7.33. The van der Waals surface area contributed by atoms with Crippen LogP contribution in [0.3, 0.4) is 0 Å². The summed E-state index contributed by atoms with van der Waals surface area (Å²) in [4.78, 5) is 29.3. The summed E-state index contributed by atoms with van der Waals surface area (Å²) in [5.41, 5.74) is 1.60. The van der Waals surface area contributed by atoms with Crippen molar-refractivity contribution >= 4 is 17.5 Å². The van der Waals surface area contributed by atoms with Crippen LogP contribution < -0.4 is 5.32 Å². The highest BCUT2D eigenvalue weighted by atomic mass is 16.5. The Hall–Kier alpha value is -1.92. The van der Waals surface area contributed by atoms with E-state index in [9.17, 15) is 9.59 Å². The van der Waals surface area contributed by atoms with Crippen molar-refractivity contribution in [3.8, 4) is 0 Å². The number of ether oxygens (including phenoxy) is 1. The maximum Gasteiger partial charge on any atom is 0.253 e. The van der Waals surface area contributed by atoms with E-state index in [0.29, 0.717) is 5.56 Å². The average Bonchev–Trinajstić information content (AvgIpc) is 3.53. The summed E-state index contributed by atoms with van der Waals surface area (Å²) in [6.07, 6.45) is 5.34. The molecular formula is C21H29N3O3. The van der Waals surface area contributed by atoms with E-state index in [1.54, 1.807) is 7.11 Å². The van der Waals surface area contributed by atoms with Crippen LogP contribution in [0.1, 0.15) is 42.5 Å². The van der Waals surface area contributed by atoms with E-state index in [0.717, 1.165) is 70.6 Å². The smallest absolute Gasteiger partial charge is 0.253 e. The first-order valence-electron chi connectivity index (χ1n) is 10.1. The van der Waals surface area contributed by atoms with Gasteiger partial charge in [0, 0.05) is 56.0 Å².